The Labute approximate surface area is 191 Å². The van der Waals surface area contributed by atoms with Gasteiger partial charge in [-0.25, -0.2) is 0 Å². The molecule has 0 fully saturated rings. The summed E-state index contributed by atoms with van der Waals surface area (Å²) in [7, 11) is 0. The number of rotatable bonds is 3. The predicted molar refractivity (Wildman–Crippen MR) is 132 cm³/mol. The fraction of sp³-hybridized carbons (Fsp3) is 0. The van der Waals surface area contributed by atoms with Gasteiger partial charge >= 0.3 is 0 Å². The second-order valence-electron chi connectivity index (χ2n) is 7.72. The molecule has 154 valence electrons. The van der Waals surface area contributed by atoms with Crippen LogP contribution in [0.1, 0.15) is 0 Å². The molecule has 0 atom stereocenters. The molecule has 1 N–H and O–H groups in total. The van der Waals surface area contributed by atoms with Gasteiger partial charge in [-0.15, -0.1) is 0 Å². The molecule has 2 heterocycles. The summed E-state index contributed by atoms with van der Waals surface area (Å²) in [5.41, 5.74) is 5.51. The van der Waals surface area contributed by atoms with Crippen LogP contribution in [0.5, 0.6) is 0 Å². The molecule has 6 rings (SSSR count). The molecular weight excluding hydrogens is 466 g/mol. The molecule has 5 nitrogen and oxygen atoms in total. The van der Waals surface area contributed by atoms with Crippen molar-refractivity contribution >= 4 is 54.3 Å². The zero-order chi connectivity index (χ0) is 21.8. The van der Waals surface area contributed by atoms with E-state index in [0.29, 0.717) is 5.56 Å². The average molecular weight is 482 g/mol. The summed E-state index contributed by atoms with van der Waals surface area (Å²) < 4.78 is 3.08. The molecule has 32 heavy (non-hydrogen) atoms. The van der Waals surface area contributed by atoms with Crippen molar-refractivity contribution in [3.8, 4) is 16.8 Å². The van der Waals surface area contributed by atoms with Crippen molar-refractivity contribution in [2.45, 2.75) is 0 Å². The highest BCUT2D eigenvalue weighted by atomic mass is 79.9. The Morgan fingerprint density at radius 2 is 1.62 bits per heavy atom. The van der Waals surface area contributed by atoms with Crippen molar-refractivity contribution in [2.75, 3.05) is 0 Å². The molecule has 0 aliphatic carbocycles. The molecule has 2 aromatic heterocycles. The lowest BCUT2D eigenvalue weighted by atomic mass is 9.96. The van der Waals surface area contributed by atoms with Crippen LogP contribution in [-0.2, 0) is 0 Å². The van der Waals surface area contributed by atoms with Crippen LogP contribution in [0.3, 0.4) is 0 Å². The molecule has 0 spiro atoms. The van der Waals surface area contributed by atoms with Gasteiger partial charge in [-0.2, -0.15) is 0 Å². The number of nitrogens with zero attached hydrogens (tertiary/aromatic N) is 2. The standard InChI is InChI=1S/C26H16BrN3O2/c27-16-10-11-22-21(14-16)25-20(18-8-4-5-9-23(18)30(31)32)15-24-19(26(25)28-22)12-13-29(24)17-6-2-1-3-7-17/h1-15,28H. The number of H-pyrrole nitrogens is 1. The lowest BCUT2D eigenvalue weighted by molar-refractivity contribution is -0.384. The number of fused-ring (bicyclic) bond motifs is 5. The number of aromatic nitrogens is 2. The first kappa shape index (κ1) is 18.8. The van der Waals surface area contributed by atoms with Gasteiger partial charge in [-0.3, -0.25) is 10.1 Å². The Hall–Kier alpha value is -3.90. The molecular formula is C26H16BrN3O2. The lowest BCUT2D eigenvalue weighted by Crippen LogP contribution is -1.94. The van der Waals surface area contributed by atoms with Gasteiger partial charge in [0.25, 0.3) is 5.69 Å². The summed E-state index contributed by atoms with van der Waals surface area (Å²) in [6, 6.07) is 27.3. The Kier molecular flexibility index (Phi) is 4.16. The van der Waals surface area contributed by atoms with Crippen molar-refractivity contribution in [1.82, 2.24) is 9.55 Å². The van der Waals surface area contributed by atoms with Gasteiger partial charge in [0.15, 0.2) is 0 Å². The molecule has 0 saturated carbocycles. The summed E-state index contributed by atoms with van der Waals surface area (Å²) in [4.78, 5) is 15.1. The SMILES string of the molecule is O=[N+]([O-])c1ccccc1-c1cc2c(ccn2-c2ccccc2)c2[nH]c3ccc(Br)cc3c12. The fourth-order valence-corrected chi connectivity index (χ4v) is 4.91. The molecule has 6 aromatic rings. The van der Waals surface area contributed by atoms with E-state index in [4.69, 9.17) is 0 Å². The summed E-state index contributed by atoms with van der Waals surface area (Å²) in [6.45, 7) is 0. The molecule has 0 saturated heterocycles. The summed E-state index contributed by atoms with van der Waals surface area (Å²) in [6.07, 6.45) is 2.05. The fourth-order valence-electron chi connectivity index (χ4n) is 4.54. The maximum atomic E-state index is 11.9. The summed E-state index contributed by atoms with van der Waals surface area (Å²) in [5, 5.41) is 14.9. The highest BCUT2D eigenvalue weighted by Gasteiger charge is 2.22. The number of para-hydroxylation sites is 2. The number of halogens is 1. The van der Waals surface area contributed by atoms with Gasteiger partial charge in [0.2, 0.25) is 0 Å². The van der Waals surface area contributed by atoms with E-state index in [-0.39, 0.29) is 10.6 Å². The Morgan fingerprint density at radius 3 is 2.44 bits per heavy atom. The molecule has 4 aromatic carbocycles. The van der Waals surface area contributed by atoms with E-state index in [0.717, 1.165) is 48.4 Å². The topological polar surface area (TPSA) is 63.9 Å². The number of aromatic amines is 1. The van der Waals surface area contributed by atoms with E-state index in [1.54, 1.807) is 12.1 Å². The maximum Gasteiger partial charge on any atom is 0.277 e. The minimum atomic E-state index is -0.313. The molecule has 0 amide bonds. The first-order valence-corrected chi connectivity index (χ1v) is 11.0. The van der Waals surface area contributed by atoms with Gasteiger partial charge < -0.3 is 9.55 Å². The second-order valence-corrected chi connectivity index (χ2v) is 8.63. The summed E-state index contributed by atoms with van der Waals surface area (Å²) in [5.74, 6) is 0. The van der Waals surface area contributed by atoms with E-state index in [1.165, 1.54) is 0 Å². The van der Waals surface area contributed by atoms with Gasteiger partial charge in [0.05, 0.1) is 21.5 Å². The third kappa shape index (κ3) is 2.77. The first-order chi connectivity index (χ1) is 15.6. The van der Waals surface area contributed by atoms with Crippen LogP contribution in [0.4, 0.5) is 5.69 Å². The zero-order valence-corrected chi connectivity index (χ0v) is 18.3. The minimum Gasteiger partial charge on any atom is -0.354 e. The summed E-state index contributed by atoms with van der Waals surface area (Å²) >= 11 is 3.58. The van der Waals surface area contributed by atoms with Crippen molar-refractivity contribution in [3.05, 3.63) is 106 Å². The molecule has 0 aliphatic heterocycles. The molecule has 0 radical (unpaired) electrons. The van der Waals surface area contributed by atoms with E-state index < -0.39 is 0 Å². The van der Waals surface area contributed by atoms with Crippen LogP contribution in [0.25, 0.3) is 49.5 Å². The first-order valence-electron chi connectivity index (χ1n) is 10.2. The van der Waals surface area contributed by atoms with Crippen molar-refractivity contribution in [1.29, 1.82) is 0 Å². The third-order valence-corrected chi connectivity index (χ3v) is 6.42. The Morgan fingerprint density at radius 1 is 0.844 bits per heavy atom. The lowest BCUT2D eigenvalue weighted by Gasteiger charge is -2.10. The smallest absolute Gasteiger partial charge is 0.277 e. The van der Waals surface area contributed by atoms with Crippen LogP contribution in [-0.4, -0.2) is 14.5 Å². The van der Waals surface area contributed by atoms with Crippen LogP contribution in [0.2, 0.25) is 0 Å². The molecule has 0 bridgehead atoms. The number of nitrogens with one attached hydrogen (secondary N) is 1. The van der Waals surface area contributed by atoms with Crippen LogP contribution in [0, 0.1) is 10.1 Å². The highest BCUT2D eigenvalue weighted by molar-refractivity contribution is 9.10. The van der Waals surface area contributed by atoms with E-state index in [9.17, 15) is 10.1 Å². The van der Waals surface area contributed by atoms with Crippen molar-refractivity contribution in [3.63, 3.8) is 0 Å². The van der Waals surface area contributed by atoms with E-state index in [1.807, 2.05) is 48.7 Å². The molecule has 0 unspecified atom stereocenters. The van der Waals surface area contributed by atoms with Crippen LogP contribution >= 0.6 is 15.9 Å². The number of benzene rings is 4. The normalized spacial score (nSPS) is 11.5. The number of nitro benzene ring substituents is 1. The third-order valence-electron chi connectivity index (χ3n) is 5.93. The Balaban J connectivity index is 1.81. The van der Waals surface area contributed by atoms with Crippen molar-refractivity contribution in [2.24, 2.45) is 0 Å². The Bertz CT molecular complexity index is 1670. The number of hydrogen-bond acceptors (Lipinski definition) is 2. The van der Waals surface area contributed by atoms with Gasteiger partial charge in [0.1, 0.15) is 0 Å². The predicted octanol–water partition coefficient (Wildman–Crippen LogP) is 7.60. The van der Waals surface area contributed by atoms with Crippen LogP contribution < -0.4 is 0 Å². The minimum absolute atomic E-state index is 0.0929. The maximum absolute atomic E-state index is 11.9. The molecule has 0 aliphatic rings. The van der Waals surface area contributed by atoms with Gasteiger partial charge in [0, 0.05) is 49.7 Å². The zero-order valence-electron chi connectivity index (χ0n) is 16.7. The van der Waals surface area contributed by atoms with Gasteiger partial charge in [-0.05, 0) is 48.5 Å². The average Bonchev–Trinajstić information content (AvgIpc) is 3.40. The second kappa shape index (κ2) is 7.07. The highest BCUT2D eigenvalue weighted by Crippen LogP contribution is 2.43. The van der Waals surface area contributed by atoms with E-state index in [2.05, 4.69) is 55.8 Å². The van der Waals surface area contributed by atoms with Crippen molar-refractivity contribution < 1.29 is 4.92 Å². The number of nitro groups is 1. The quantitative estimate of drug-likeness (QED) is 0.209. The number of hydrogen-bond donors (Lipinski definition) is 1. The van der Waals surface area contributed by atoms with Gasteiger partial charge in [-0.1, -0.05) is 46.3 Å². The monoisotopic (exact) mass is 481 g/mol. The molecule has 6 heteroatoms. The van der Waals surface area contributed by atoms with E-state index >= 15 is 0 Å². The van der Waals surface area contributed by atoms with Crippen LogP contribution in [0.15, 0.2) is 95.6 Å². The largest absolute Gasteiger partial charge is 0.354 e.